The Morgan fingerprint density at radius 3 is 2.47 bits per heavy atom. The minimum Gasteiger partial charge on any atom is -0.490 e. The van der Waals surface area contributed by atoms with Gasteiger partial charge in [0.25, 0.3) is 5.56 Å². The molecule has 0 aliphatic carbocycles. The van der Waals surface area contributed by atoms with E-state index in [9.17, 15) is 9.59 Å². The van der Waals surface area contributed by atoms with Crippen molar-refractivity contribution in [2.75, 3.05) is 13.2 Å². The lowest BCUT2D eigenvalue weighted by atomic mass is 9.95. The van der Waals surface area contributed by atoms with E-state index < -0.39 is 12.0 Å². The van der Waals surface area contributed by atoms with Gasteiger partial charge in [0, 0.05) is 0 Å². The van der Waals surface area contributed by atoms with Gasteiger partial charge in [-0.1, -0.05) is 89.7 Å². The smallest absolute Gasteiger partial charge is 0.338 e. The van der Waals surface area contributed by atoms with Crippen LogP contribution in [0.25, 0.3) is 16.8 Å². The van der Waals surface area contributed by atoms with Crippen LogP contribution in [0, 0.1) is 6.92 Å². The number of nitrogens with zero attached hydrogens (tertiary/aromatic N) is 2. The molecule has 0 saturated carbocycles. The lowest BCUT2D eigenvalue weighted by Crippen LogP contribution is -2.39. The first kappa shape index (κ1) is 30.1. The summed E-state index contributed by atoms with van der Waals surface area (Å²) in [5.41, 5.74) is 4.45. The second-order valence-corrected chi connectivity index (χ2v) is 11.8. The Balaban J connectivity index is 1.37. The Hall–Kier alpha value is -4.95. The van der Waals surface area contributed by atoms with E-state index in [2.05, 4.69) is 29.3 Å². The van der Waals surface area contributed by atoms with Crippen LogP contribution in [0.15, 0.2) is 106 Å². The van der Waals surface area contributed by atoms with Crippen molar-refractivity contribution in [2.45, 2.75) is 40.3 Å². The quantitative estimate of drug-likeness (QED) is 0.183. The van der Waals surface area contributed by atoms with E-state index in [0.29, 0.717) is 45.3 Å². The standard InChI is InChI=1S/C37H34N2O5S/c1-5-42-31-20-25(16-19-30(31)44-22-28-12-9-11-26-10-7-8-13-29(26)28)21-32-35(40)39-34(27-17-14-23(3)15-18-27)33(36(41)43-6-2)24(4)38-37(39)45-32/h7-21,34H,5-6,22H2,1-4H3/b32-21-/t34-/m0/s1. The molecule has 1 atom stereocenters. The molecule has 45 heavy (non-hydrogen) atoms. The van der Waals surface area contributed by atoms with Gasteiger partial charge in [-0.25, -0.2) is 9.79 Å². The van der Waals surface area contributed by atoms with Gasteiger partial charge in [-0.15, -0.1) is 0 Å². The molecule has 0 radical (unpaired) electrons. The third-order valence-electron chi connectivity index (χ3n) is 7.74. The first-order valence-electron chi connectivity index (χ1n) is 15.0. The Bertz CT molecular complexity index is 2100. The van der Waals surface area contributed by atoms with Crippen molar-refractivity contribution in [1.29, 1.82) is 0 Å². The van der Waals surface area contributed by atoms with Crippen molar-refractivity contribution in [3.8, 4) is 11.5 Å². The minimum atomic E-state index is -0.646. The van der Waals surface area contributed by atoms with Gasteiger partial charge < -0.3 is 14.2 Å². The zero-order chi connectivity index (χ0) is 31.5. The van der Waals surface area contributed by atoms with Crippen LogP contribution in [-0.4, -0.2) is 23.8 Å². The van der Waals surface area contributed by atoms with Gasteiger partial charge in [0.1, 0.15) is 6.61 Å². The fraction of sp³-hybridized carbons (Fsp3) is 0.216. The maximum absolute atomic E-state index is 14.0. The van der Waals surface area contributed by atoms with Crippen LogP contribution >= 0.6 is 11.3 Å². The van der Waals surface area contributed by atoms with Gasteiger partial charge in [-0.3, -0.25) is 9.36 Å². The highest BCUT2D eigenvalue weighted by atomic mass is 32.1. The summed E-state index contributed by atoms with van der Waals surface area (Å²) in [7, 11) is 0. The van der Waals surface area contributed by atoms with Gasteiger partial charge >= 0.3 is 5.97 Å². The highest BCUT2D eigenvalue weighted by Gasteiger charge is 2.33. The maximum atomic E-state index is 14.0. The molecule has 6 rings (SSSR count). The van der Waals surface area contributed by atoms with Crippen molar-refractivity contribution in [3.05, 3.63) is 138 Å². The number of carbonyl (C=O) groups excluding carboxylic acids is 1. The number of fused-ring (bicyclic) bond motifs is 2. The van der Waals surface area contributed by atoms with E-state index in [0.717, 1.165) is 33.0 Å². The van der Waals surface area contributed by atoms with E-state index >= 15 is 0 Å². The molecule has 1 aliphatic heterocycles. The number of ether oxygens (including phenoxy) is 3. The first-order chi connectivity index (χ1) is 21.9. The average molecular weight is 619 g/mol. The Kier molecular flexibility index (Phi) is 8.67. The topological polar surface area (TPSA) is 79.1 Å². The summed E-state index contributed by atoms with van der Waals surface area (Å²) in [5.74, 6) is 0.744. The molecule has 0 spiro atoms. The number of esters is 1. The van der Waals surface area contributed by atoms with Crippen LogP contribution in [-0.2, 0) is 16.1 Å². The van der Waals surface area contributed by atoms with Crippen molar-refractivity contribution in [2.24, 2.45) is 4.99 Å². The fourth-order valence-electron chi connectivity index (χ4n) is 5.58. The molecular weight excluding hydrogens is 584 g/mol. The van der Waals surface area contributed by atoms with Crippen molar-refractivity contribution in [3.63, 3.8) is 0 Å². The van der Waals surface area contributed by atoms with E-state index in [1.807, 2.05) is 80.6 Å². The zero-order valence-electron chi connectivity index (χ0n) is 25.7. The highest BCUT2D eigenvalue weighted by molar-refractivity contribution is 7.07. The summed E-state index contributed by atoms with van der Waals surface area (Å²) in [6.07, 6.45) is 1.83. The number of hydrogen-bond acceptors (Lipinski definition) is 7. The van der Waals surface area contributed by atoms with Crippen molar-refractivity contribution < 1.29 is 19.0 Å². The molecule has 7 nitrogen and oxygen atoms in total. The fourth-order valence-corrected chi connectivity index (χ4v) is 6.63. The van der Waals surface area contributed by atoms with Crippen molar-refractivity contribution in [1.82, 2.24) is 4.57 Å². The lowest BCUT2D eigenvalue weighted by molar-refractivity contribution is -0.139. The molecule has 0 unspecified atom stereocenters. The van der Waals surface area contributed by atoms with Crippen LogP contribution in [0.5, 0.6) is 11.5 Å². The third kappa shape index (κ3) is 6.06. The Labute approximate surface area is 265 Å². The first-order valence-corrected chi connectivity index (χ1v) is 15.8. The summed E-state index contributed by atoms with van der Waals surface area (Å²) in [6.45, 7) is 8.55. The number of benzene rings is 4. The van der Waals surface area contributed by atoms with Gasteiger partial charge in [-0.05, 0) is 73.4 Å². The zero-order valence-corrected chi connectivity index (χ0v) is 26.5. The summed E-state index contributed by atoms with van der Waals surface area (Å²) in [4.78, 5) is 32.3. The van der Waals surface area contributed by atoms with Crippen LogP contribution in [0.2, 0.25) is 0 Å². The highest BCUT2D eigenvalue weighted by Crippen LogP contribution is 2.32. The molecule has 0 N–H and O–H groups in total. The van der Waals surface area contributed by atoms with E-state index in [-0.39, 0.29) is 12.2 Å². The number of hydrogen-bond donors (Lipinski definition) is 0. The monoisotopic (exact) mass is 618 g/mol. The molecule has 1 aliphatic rings. The molecule has 0 fully saturated rings. The molecule has 0 saturated heterocycles. The number of allylic oxidation sites excluding steroid dienone is 1. The van der Waals surface area contributed by atoms with Gasteiger partial charge in [0.2, 0.25) is 0 Å². The van der Waals surface area contributed by atoms with Crippen LogP contribution in [0.4, 0.5) is 0 Å². The van der Waals surface area contributed by atoms with E-state index in [1.165, 1.54) is 11.3 Å². The second kappa shape index (κ2) is 13.0. The second-order valence-electron chi connectivity index (χ2n) is 10.8. The summed E-state index contributed by atoms with van der Waals surface area (Å²) < 4.78 is 19.7. The maximum Gasteiger partial charge on any atom is 0.338 e. The molecule has 1 aromatic heterocycles. The summed E-state index contributed by atoms with van der Waals surface area (Å²) in [6, 6.07) is 27.3. The van der Waals surface area contributed by atoms with Crippen LogP contribution in [0.1, 0.15) is 49.1 Å². The number of rotatable bonds is 9. The third-order valence-corrected chi connectivity index (χ3v) is 8.72. The van der Waals surface area contributed by atoms with Gasteiger partial charge in [0.05, 0.1) is 35.1 Å². The molecular formula is C37H34N2O5S. The predicted octanol–water partition coefficient (Wildman–Crippen LogP) is 6.24. The predicted molar refractivity (Wildman–Crippen MR) is 177 cm³/mol. The SMILES string of the molecule is CCOC(=O)C1=C(C)N=c2s/c(=C\c3ccc(OCc4cccc5ccccc45)c(OCC)c3)c(=O)n2[C@H]1c1ccc(C)cc1. The Morgan fingerprint density at radius 2 is 1.69 bits per heavy atom. The molecule has 8 heteroatoms. The molecule has 2 heterocycles. The molecule has 5 aromatic rings. The molecule has 0 bridgehead atoms. The molecule has 228 valence electrons. The number of thiazole rings is 1. The summed E-state index contributed by atoms with van der Waals surface area (Å²) >= 11 is 1.29. The average Bonchev–Trinajstić information content (AvgIpc) is 3.34. The normalized spacial score (nSPS) is 14.7. The number of aromatic nitrogens is 1. The molecule has 0 amide bonds. The minimum absolute atomic E-state index is 0.227. The van der Waals surface area contributed by atoms with Gasteiger partial charge in [-0.2, -0.15) is 0 Å². The van der Waals surface area contributed by atoms with Crippen LogP contribution < -0.4 is 24.4 Å². The lowest BCUT2D eigenvalue weighted by Gasteiger charge is -2.24. The largest absolute Gasteiger partial charge is 0.490 e. The Morgan fingerprint density at radius 1 is 0.911 bits per heavy atom. The van der Waals surface area contributed by atoms with Crippen LogP contribution in [0.3, 0.4) is 0 Å². The van der Waals surface area contributed by atoms with Crippen molar-refractivity contribution >= 4 is 34.2 Å². The van der Waals surface area contributed by atoms with E-state index in [4.69, 9.17) is 14.2 Å². The van der Waals surface area contributed by atoms with E-state index in [1.54, 1.807) is 18.4 Å². The van der Waals surface area contributed by atoms with Gasteiger partial charge in [0.15, 0.2) is 16.3 Å². The molecule has 4 aromatic carbocycles. The summed E-state index contributed by atoms with van der Waals surface area (Å²) in [5, 5.41) is 2.31. The number of carbonyl (C=O) groups is 1. The number of aryl methyl sites for hydroxylation is 1.